The van der Waals surface area contributed by atoms with Crippen LogP contribution in [0, 0.1) is 0 Å². The molecule has 202 valence electrons. The van der Waals surface area contributed by atoms with Crippen molar-refractivity contribution >= 4 is 17.8 Å². The number of halogens is 3. The van der Waals surface area contributed by atoms with Gasteiger partial charge in [-0.25, -0.2) is 4.98 Å². The van der Waals surface area contributed by atoms with Crippen molar-refractivity contribution in [3.05, 3.63) is 102 Å². The maximum atomic E-state index is 13.1. The number of ether oxygens (including phenoxy) is 1. The van der Waals surface area contributed by atoms with Crippen LogP contribution >= 0.6 is 0 Å². The molecule has 0 spiro atoms. The maximum absolute atomic E-state index is 13.1. The summed E-state index contributed by atoms with van der Waals surface area (Å²) >= 11 is 0. The third-order valence-corrected chi connectivity index (χ3v) is 5.95. The lowest BCUT2D eigenvalue weighted by Crippen LogP contribution is -2.41. The van der Waals surface area contributed by atoms with Crippen LogP contribution in [0.25, 0.3) is 16.9 Å². The molecular weight excluding hydrogens is 509 g/mol. The number of rotatable bonds is 10. The van der Waals surface area contributed by atoms with Gasteiger partial charge in [-0.15, -0.1) is 0 Å². The van der Waals surface area contributed by atoms with Crippen LogP contribution in [0.3, 0.4) is 0 Å². The second-order valence-electron chi connectivity index (χ2n) is 8.75. The summed E-state index contributed by atoms with van der Waals surface area (Å²) in [6.45, 7) is 0.194. The minimum absolute atomic E-state index is 0.112. The Morgan fingerprint density at radius 2 is 1.59 bits per heavy atom. The van der Waals surface area contributed by atoms with Crippen molar-refractivity contribution in [2.24, 2.45) is 0 Å². The van der Waals surface area contributed by atoms with Gasteiger partial charge in [0.1, 0.15) is 6.54 Å². The molecule has 2 amide bonds. The minimum Gasteiger partial charge on any atom is -0.383 e. The van der Waals surface area contributed by atoms with Gasteiger partial charge in [0.05, 0.1) is 24.3 Å². The monoisotopic (exact) mass is 536 g/mol. The van der Waals surface area contributed by atoms with Crippen LogP contribution in [0.2, 0.25) is 0 Å². The van der Waals surface area contributed by atoms with E-state index < -0.39 is 17.6 Å². The fourth-order valence-electron chi connectivity index (χ4n) is 3.94. The number of carbonyl (C=O) groups excluding carboxylic acids is 2. The Hall–Kier alpha value is -4.44. The summed E-state index contributed by atoms with van der Waals surface area (Å²) in [4.78, 5) is 32.0. The van der Waals surface area contributed by atoms with Crippen LogP contribution in [-0.4, -0.2) is 53.1 Å². The first-order valence-electron chi connectivity index (χ1n) is 12.2. The number of nitrogens with one attached hydrogen (secondary N) is 1. The Morgan fingerprint density at radius 3 is 2.21 bits per heavy atom. The number of imidazole rings is 1. The largest absolute Gasteiger partial charge is 0.416 e. The van der Waals surface area contributed by atoms with Crippen LogP contribution in [0.1, 0.15) is 11.1 Å². The van der Waals surface area contributed by atoms with Gasteiger partial charge in [-0.1, -0.05) is 60.7 Å². The SMILES string of the molecule is COCCN(CC(=O)Nc1nc(-c2ccccc2)cn1-c1ccc(C(F)(F)F)cc1)C(=O)Cc1ccccc1. The van der Waals surface area contributed by atoms with Crippen LogP contribution < -0.4 is 5.32 Å². The average Bonchev–Trinajstić information content (AvgIpc) is 3.35. The number of nitrogens with zero attached hydrogens (tertiary/aromatic N) is 3. The number of hydrogen-bond donors (Lipinski definition) is 1. The predicted octanol–water partition coefficient (Wildman–Crippen LogP) is 5.21. The van der Waals surface area contributed by atoms with Crippen molar-refractivity contribution in [2.75, 3.05) is 32.1 Å². The molecule has 0 aliphatic carbocycles. The molecule has 0 saturated carbocycles. The van der Waals surface area contributed by atoms with Crippen molar-refractivity contribution in [2.45, 2.75) is 12.6 Å². The van der Waals surface area contributed by atoms with Crippen molar-refractivity contribution in [3.63, 3.8) is 0 Å². The van der Waals surface area contributed by atoms with Crippen LogP contribution in [0.15, 0.2) is 91.1 Å². The molecule has 0 aliphatic heterocycles. The molecule has 10 heteroatoms. The number of methoxy groups -OCH3 is 1. The summed E-state index contributed by atoms with van der Waals surface area (Å²) in [6.07, 6.45) is -2.72. The first-order chi connectivity index (χ1) is 18.7. The van der Waals surface area contributed by atoms with E-state index in [4.69, 9.17) is 4.74 Å². The number of aromatic nitrogens is 2. The first kappa shape index (κ1) is 27.6. The maximum Gasteiger partial charge on any atom is 0.416 e. The highest BCUT2D eigenvalue weighted by atomic mass is 19.4. The van der Waals surface area contributed by atoms with E-state index in [9.17, 15) is 22.8 Å². The molecule has 1 aromatic heterocycles. The molecule has 0 aliphatic rings. The Bertz CT molecular complexity index is 1390. The molecule has 0 fully saturated rings. The highest BCUT2D eigenvalue weighted by Gasteiger charge is 2.30. The van der Waals surface area contributed by atoms with Gasteiger partial charge in [-0.2, -0.15) is 13.2 Å². The molecule has 0 bridgehead atoms. The van der Waals surface area contributed by atoms with E-state index in [1.165, 1.54) is 28.7 Å². The summed E-state index contributed by atoms with van der Waals surface area (Å²) in [5.74, 6) is -0.642. The number of benzene rings is 3. The van der Waals surface area contributed by atoms with Gasteiger partial charge in [0, 0.05) is 31.1 Å². The number of carbonyl (C=O) groups is 2. The van der Waals surface area contributed by atoms with E-state index in [2.05, 4.69) is 10.3 Å². The molecule has 0 atom stereocenters. The number of alkyl halides is 3. The topological polar surface area (TPSA) is 76.5 Å². The minimum atomic E-state index is -4.47. The first-order valence-corrected chi connectivity index (χ1v) is 12.2. The summed E-state index contributed by atoms with van der Waals surface area (Å²) in [5.41, 5.74) is 1.69. The Labute approximate surface area is 223 Å². The average molecular weight is 537 g/mol. The second kappa shape index (κ2) is 12.4. The zero-order valence-corrected chi connectivity index (χ0v) is 21.2. The van der Waals surface area contributed by atoms with Crippen LogP contribution in [-0.2, 0) is 26.9 Å². The molecule has 4 rings (SSSR count). The highest BCUT2D eigenvalue weighted by Crippen LogP contribution is 2.31. The molecule has 1 heterocycles. The lowest BCUT2D eigenvalue weighted by atomic mass is 10.1. The molecule has 0 saturated heterocycles. The quantitative estimate of drug-likeness (QED) is 0.302. The molecule has 0 unspecified atom stereocenters. The summed E-state index contributed by atoms with van der Waals surface area (Å²) < 4.78 is 45.9. The molecule has 39 heavy (non-hydrogen) atoms. The fraction of sp³-hybridized carbons (Fsp3) is 0.207. The van der Waals surface area contributed by atoms with E-state index in [1.54, 1.807) is 6.20 Å². The Kier molecular flexibility index (Phi) is 8.77. The third-order valence-electron chi connectivity index (χ3n) is 5.95. The highest BCUT2D eigenvalue weighted by molar-refractivity contribution is 5.94. The normalized spacial score (nSPS) is 11.3. The zero-order chi connectivity index (χ0) is 27.8. The molecule has 4 aromatic rings. The van der Waals surface area contributed by atoms with E-state index in [0.29, 0.717) is 11.4 Å². The number of amides is 2. The van der Waals surface area contributed by atoms with Gasteiger partial charge < -0.3 is 9.64 Å². The molecule has 1 N–H and O–H groups in total. The van der Waals surface area contributed by atoms with Crippen molar-refractivity contribution in [1.82, 2.24) is 14.5 Å². The van der Waals surface area contributed by atoms with Crippen molar-refractivity contribution < 1.29 is 27.5 Å². The second-order valence-corrected chi connectivity index (χ2v) is 8.75. The predicted molar refractivity (Wildman–Crippen MR) is 141 cm³/mol. The third kappa shape index (κ3) is 7.32. The van der Waals surface area contributed by atoms with Gasteiger partial charge in [-0.3, -0.25) is 19.5 Å². The fourth-order valence-corrected chi connectivity index (χ4v) is 3.94. The molecule has 3 aromatic carbocycles. The summed E-state index contributed by atoms with van der Waals surface area (Å²) in [5, 5.41) is 2.73. The number of hydrogen-bond acceptors (Lipinski definition) is 4. The van der Waals surface area contributed by atoms with E-state index in [-0.39, 0.29) is 38.0 Å². The van der Waals surface area contributed by atoms with Gasteiger partial charge in [0.15, 0.2) is 0 Å². The standard InChI is InChI=1S/C29H27F3N4O3/c1-39-17-16-35(27(38)18-21-8-4-2-5-9-21)20-26(37)34-28-33-25(22-10-6-3-7-11-22)19-36(28)24-14-12-23(13-15-24)29(30,31)32/h2-15,19H,16-18,20H2,1H3,(H,33,34,37). The summed E-state index contributed by atoms with van der Waals surface area (Å²) in [6, 6.07) is 22.9. The number of anilines is 1. The van der Waals surface area contributed by atoms with Crippen molar-refractivity contribution in [1.29, 1.82) is 0 Å². The Morgan fingerprint density at radius 1 is 0.949 bits per heavy atom. The van der Waals surface area contributed by atoms with E-state index in [1.807, 2.05) is 60.7 Å². The van der Waals surface area contributed by atoms with Gasteiger partial charge in [-0.05, 0) is 29.8 Å². The smallest absolute Gasteiger partial charge is 0.383 e. The van der Waals surface area contributed by atoms with Crippen LogP contribution in [0.4, 0.5) is 19.1 Å². The lowest BCUT2D eigenvalue weighted by Gasteiger charge is -2.22. The van der Waals surface area contributed by atoms with Gasteiger partial charge >= 0.3 is 6.18 Å². The Balaban J connectivity index is 1.58. The van der Waals surface area contributed by atoms with Crippen molar-refractivity contribution in [3.8, 4) is 16.9 Å². The van der Waals surface area contributed by atoms with Crippen LogP contribution in [0.5, 0.6) is 0 Å². The van der Waals surface area contributed by atoms with E-state index >= 15 is 0 Å². The van der Waals surface area contributed by atoms with Gasteiger partial charge in [0.2, 0.25) is 17.8 Å². The molecule has 7 nitrogen and oxygen atoms in total. The zero-order valence-electron chi connectivity index (χ0n) is 21.2. The summed E-state index contributed by atoms with van der Waals surface area (Å²) in [7, 11) is 1.51. The van der Waals surface area contributed by atoms with Gasteiger partial charge in [0.25, 0.3) is 0 Å². The molecular formula is C29H27F3N4O3. The lowest BCUT2D eigenvalue weighted by molar-refractivity contribution is -0.137. The molecule has 0 radical (unpaired) electrons. The van der Waals surface area contributed by atoms with E-state index in [0.717, 1.165) is 23.3 Å².